The number of aryl methyl sites for hydroxylation is 1. The van der Waals surface area contributed by atoms with Gasteiger partial charge in [-0.2, -0.15) is 0 Å². The molecule has 1 aliphatic heterocycles. The Balaban J connectivity index is 1.46. The molecule has 1 amide bonds. The number of rotatable bonds is 8. The second-order valence-corrected chi connectivity index (χ2v) is 12.9. The first-order valence-corrected chi connectivity index (χ1v) is 15.5. The van der Waals surface area contributed by atoms with Crippen molar-refractivity contribution in [1.82, 2.24) is 19.9 Å². The van der Waals surface area contributed by atoms with E-state index < -0.39 is 15.8 Å². The second kappa shape index (κ2) is 12.0. The summed E-state index contributed by atoms with van der Waals surface area (Å²) in [6.07, 6.45) is 4.98. The highest BCUT2D eigenvalue weighted by atomic mass is 32.2. The summed E-state index contributed by atoms with van der Waals surface area (Å²) in [6, 6.07) is 7.51. The van der Waals surface area contributed by atoms with Crippen LogP contribution in [0.3, 0.4) is 0 Å². The highest BCUT2D eigenvalue weighted by molar-refractivity contribution is 7.92. The number of benzene rings is 1. The predicted molar refractivity (Wildman–Crippen MR) is 153 cm³/mol. The number of aromatic nitrogens is 3. The fraction of sp³-hybridized carbons (Fsp3) is 0.357. The monoisotopic (exact) mass is 599 g/mol. The summed E-state index contributed by atoms with van der Waals surface area (Å²) in [5, 5.41) is 0.797. The van der Waals surface area contributed by atoms with Crippen molar-refractivity contribution in [1.29, 1.82) is 0 Å². The molecule has 1 aliphatic rings. The summed E-state index contributed by atoms with van der Waals surface area (Å²) in [4.78, 5) is 28.3. The molecule has 0 radical (unpaired) electrons. The largest absolute Gasteiger partial charge is 0.471 e. The van der Waals surface area contributed by atoms with E-state index in [2.05, 4.69) is 14.7 Å². The van der Waals surface area contributed by atoms with Gasteiger partial charge in [0, 0.05) is 30.8 Å². The molecule has 3 aromatic heterocycles. The Morgan fingerprint density at radius 3 is 2.68 bits per heavy atom. The number of amides is 1. The normalized spacial score (nSPS) is 14.4. The van der Waals surface area contributed by atoms with E-state index in [1.165, 1.54) is 29.7 Å². The molecule has 0 aliphatic carbocycles. The zero-order chi connectivity index (χ0) is 29.1. The van der Waals surface area contributed by atoms with E-state index in [1.807, 2.05) is 13.8 Å². The number of likely N-dealkylation sites (tertiary alicyclic amines) is 1. The third-order valence-electron chi connectivity index (χ3n) is 6.60. The molecule has 0 atom stereocenters. The Labute approximate surface area is 241 Å². The lowest BCUT2D eigenvalue weighted by molar-refractivity contribution is 0.0834. The topological polar surface area (TPSA) is 128 Å². The molecule has 0 spiro atoms. The first-order valence-electron chi connectivity index (χ1n) is 13.2. The van der Waals surface area contributed by atoms with Crippen molar-refractivity contribution in [3.05, 3.63) is 65.7 Å². The summed E-state index contributed by atoms with van der Waals surface area (Å²) in [6.45, 7) is 7.17. The molecule has 10 nitrogen and oxygen atoms in total. The van der Waals surface area contributed by atoms with Gasteiger partial charge in [-0.05, 0) is 49.9 Å². The van der Waals surface area contributed by atoms with Crippen molar-refractivity contribution >= 4 is 33.1 Å². The summed E-state index contributed by atoms with van der Waals surface area (Å²) < 4.78 is 54.0. The van der Waals surface area contributed by atoms with Gasteiger partial charge in [0.2, 0.25) is 0 Å². The molecule has 1 aromatic carbocycles. The van der Waals surface area contributed by atoms with E-state index in [4.69, 9.17) is 14.1 Å². The Hall–Kier alpha value is -3.84. The van der Waals surface area contributed by atoms with Crippen molar-refractivity contribution < 1.29 is 26.8 Å². The number of nitrogens with one attached hydrogen (secondary N) is 1. The Kier molecular flexibility index (Phi) is 8.36. The zero-order valence-corrected chi connectivity index (χ0v) is 24.5. The maximum atomic E-state index is 15.9. The molecule has 1 saturated heterocycles. The van der Waals surface area contributed by atoms with Gasteiger partial charge >= 0.3 is 6.09 Å². The van der Waals surface area contributed by atoms with Gasteiger partial charge in [0.25, 0.3) is 10.0 Å². The van der Waals surface area contributed by atoms with E-state index in [-0.39, 0.29) is 34.1 Å². The van der Waals surface area contributed by atoms with Gasteiger partial charge < -0.3 is 14.1 Å². The van der Waals surface area contributed by atoms with Gasteiger partial charge in [-0.25, -0.2) is 32.6 Å². The fourth-order valence-corrected chi connectivity index (χ4v) is 6.69. The summed E-state index contributed by atoms with van der Waals surface area (Å²) in [7, 11) is -4.06. The van der Waals surface area contributed by atoms with Gasteiger partial charge in [0.05, 0.1) is 39.8 Å². The van der Waals surface area contributed by atoms with E-state index in [1.54, 1.807) is 36.2 Å². The number of furan rings is 1. The average molecular weight is 600 g/mol. The Morgan fingerprint density at radius 2 is 2.00 bits per heavy atom. The maximum absolute atomic E-state index is 15.9. The number of ether oxygens (including phenoxy) is 1. The van der Waals surface area contributed by atoms with Crippen LogP contribution in [-0.4, -0.2) is 54.1 Å². The maximum Gasteiger partial charge on any atom is 0.409 e. The molecule has 1 fully saturated rings. The summed E-state index contributed by atoms with van der Waals surface area (Å²) >= 11 is 1.42. The molecule has 216 valence electrons. The highest BCUT2D eigenvalue weighted by Crippen LogP contribution is 2.42. The first-order chi connectivity index (χ1) is 19.6. The standard InChI is InChI=1S/C28H30FN5O5S2/c1-17(2)15-39-28(35)34-12-8-19(9-13-34)27-32-25(26(40-27)23-7-11-30-18(3)31-23)21-5-4-6-22(24(21)29)33-41(36,37)20-10-14-38-16-20/h4-7,10-11,14,16-17,19,33H,8-9,12-13,15H2,1-3H3. The number of hydrogen-bond donors (Lipinski definition) is 1. The lowest BCUT2D eigenvalue weighted by Gasteiger charge is -2.30. The molecule has 0 saturated carbocycles. The van der Waals surface area contributed by atoms with Gasteiger partial charge in [-0.3, -0.25) is 4.72 Å². The number of hydrogen-bond acceptors (Lipinski definition) is 9. The third kappa shape index (κ3) is 6.41. The van der Waals surface area contributed by atoms with Crippen molar-refractivity contribution in [2.75, 3.05) is 24.4 Å². The van der Waals surface area contributed by atoms with E-state index in [9.17, 15) is 13.2 Å². The van der Waals surface area contributed by atoms with Crippen LogP contribution in [0.25, 0.3) is 21.8 Å². The number of halogens is 1. The quantitative estimate of drug-likeness (QED) is 0.258. The fourth-order valence-electron chi connectivity index (χ4n) is 4.49. The van der Waals surface area contributed by atoms with Crippen LogP contribution in [0.4, 0.5) is 14.9 Å². The summed E-state index contributed by atoms with van der Waals surface area (Å²) in [5.41, 5.74) is 0.885. The van der Waals surface area contributed by atoms with Gasteiger partial charge in [-0.15, -0.1) is 11.3 Å². The average Bonchev–Trinajstić information content (AvgIpc) is 3.65. The van der Waals surface area contributed by atoms with Crippen LogP contribution in [0, 0.1) is 18.7 Å². The highest BCUT2D eigenvalue weighted by Gasteiger charge is 2.30. The van der Waals surface area contributed by atoms with Gasteiger partial charge in [0.1, 0.15) is 17.0 Å². The SMILES string of the molecule is Cc1nccc(-c2sc(C3CCN(C(=O)OCC(C)C)CC3)nc2-c2cccc(NS(=O)(=O)c3ccoc3)c2F)n1. The van der Waals surface area contributed by atoms with Crippen LogP contribution in [0.2, 0.25) is 0 Å². The van der Waals surface area contributed by atoms with Crippen LogP contribution in [-0.2, 0) is 14.8 Å². The van der Waals surface area contributed by atoms with Crippen molar-refractivity contribution in [3.63, 3.8) is 0 Å². The molecule has 5 rings (SSSR count). The van der Waals surface area contributed by atoms with Gasteiger partial charge in [-0.1, -0.05) is 19.9 Å². The molecule has 4 heterocycles. The Bertz CT molecular complexity index is 1630. The van der Waals surface area contributed by atoms with Crippen molar-refractivity contribution in [2.24, 2.45) is 5.92 Å². The number of anilines is 1. The van der Waals surface area contributed by atoms with Crippen LogP contribution in [0.5, 0.6) is 0 Å². The van der Waals surface area contributed by atoms with Crippen molar-refractivity contribution in [3.8, 4) is 21.8 Å². The number of thiazole rings is 1. The van der Waals surface area contributed by atoms with Crippen LogP contribution in [0.15, 0.2) is 58.4 Å². The minimum absolute atomic E-state index is 0.0513. The third-order valence-corrected chi connectivity index (χ3v) is 9.18. The van der Waals surface area contributed by atoms with Crippen LogP contribution in [0.1, 0.15) is 43.4 Å². The lowest BCUT2D eigenvalue weighted by Crippen LogP contribution is -2.38. The molecule has 41 heavy (non-hydrogen) atoms. The number of carbonyl (C=O) groups is 1. The van der Waals surface area contributed by atoms with Crippen LogP contribution < -0.4 is 4.72 Å². The smallest absolute Gasteiger partial charge is 0.409 e. The second-order valence-electron chi connectivity index (χ2n) is 10.2. The van der Waals surface area contributed by atoms with E-state index in [0.717, 1.165) is 11.3 Å². The number of sulfonamides is 1. The lowest BCUT2D eigenvalue weighted by atomic mass is 9.98. The van der Waals surface area contributed by atoms with Crippen LogP contribution >= 0.6 is 11.3 Å². The predicted octanol–water partition coefficient (Wildman–Crippen LogP) is 6.08. The number of carbonyl (C=O) groups excluding carboxylic acids is 1. The zero-order valence-electron chi connectivity index (χ0n) is 22.8. The molecule has 13 heteroatoms. The Morgan fingerprint density at radius 1 is 1.22 bits per heavy atom. The minimum atomic E-state index is -4.06. The molecular weight excluding hydrogens is 569 g/mol. The summed E-state index contributed by atoms with van der Waals surface area (Å²) in [5.74, 6) is 0.106. The first kappa shape index (κ1) is 28.7. The molecule has 4 aromatic rings. The molecular formula is C28H30FN5O5S2. The molecule has 0 unspecified atom stereocenters. The molecule has 0 bridgehead atoms. The van der Waals surface area contributed by atoms with Gasteiger partial charge in [0.15, 0.2) is 5.82 Å². The minimum Gasteiger partial charge on any atom is -0.471 e. The van der Waals surface area contributed by atoms with Crippen molar-refractivity contribution in [2.45, 2.75) is 44.4 Å². The molecule has 1 N–H and O–H groups in total. The number of piperidine rings is 1. The number of nitrogens with zero attached hydrogens (tertiary/aromatic N) is 4. The van der Waals surface area contributed by atoms with E-state index in [0.29, 0.717) is 54.6 Å². The van der Waals surface area contributed by atoms with E-state index >= 15 is 4.39 Å².